The van der Waals surface area contributed by atoms with E-state index in [1.807, 2.05) is 0 Å². The maximum Gasteiger partial charge on any atom is 0.259 e. The highest BCUT2D eigenvalue weighted by molar-refractivity contribution is 6.01. The SMILES string of the molecule is O=C(NC1=CC(=O)C2O[C@H]2C1O)c1ccccc1O. The predicted octanol–water partition coefficient (Wildman–Crippen LogP) is -0.283. The van der Waals surface area contributed by atoms with E-state index in [9.17, 15) is 19.8 Å². The third kappa shape index (κ3) is 2.00. The van der Waals surface area contributed by atoms with Crippen LogP contribution in [-0.2, 0) is 9.53 Å². The number of phenols is 1. The predicted molar refractivity (Wildman–Crippen MR) is 63.3 cm³/mol. The van der Waals surface area contributed by atoms with Crippen molar-refractivity contribution in [3.05, 3.63) is 41.6 Å². The molecule has 6 nitrogen and oxygen atoms in total. The molecular weight excluding hydrogens is 250 g/mol. The molecular formula is C13H11NO5. The van der Waals surface area contributed by atoms with Gasteiger partial charge in [-0.05, 0) is 12.1 Å². The van der Waals surface area contributed by atoms with Gasteiger partial charge in [0, 0.05) is 6.08 Å². The van der Waals surface area contributed by atoms with Gasteiger partial charge in [-0.1, -0.05) is 12.1 Å². The summed E-state index contributed by atoms with van der Waals surface area (Å²) in [7, 11) is 0. The fourth-order valence-electron chi connectivity index (χ4n) is 2.06. The molecule has 0 bridgehead atoms. The van der Waals surface area contributed by atoms with Gasteiger partial charge in [0.2, 0.25) is 0 Å². The number of aliphatic hydroxyl groups excluding tert-OH is 1. The first-order chi connectivity index (χ1) is 9.08. The number of epoxide rings is 1. The molecule has 98 valence electrons. The summed E-state index contributed by atoms with van der Waals surface area (Å²) in [4.78, 5) is 23.4. The number of amides is 1. The second kappa shape index (κ2) is 4.18. The number of carbonyl (C=O) groups is 2. The minimum absolute atomic E-state index is 0.0712. The quantitative estimate of drug-likeness (QED) is 0.636. The molecule has 1 fully saturated rings. The Kier molecular flexibility index (Phi) is 2.62. The normalized spacial score (nSPS) is 28.4. The molecule has 1 heterocycles. The number of rotatable bonds is 2. The van der Waals surface area contributed by atoms with E-state index in [4.69, 9.17) is 4.74 Å². The van der Waals surface area contributed by atoms with Crippen LogP contribution in [0.25, 0.3) is 0 Å². The molecule has 1 aliphatic carbocycles. The van der Waals surface area contributed by atoms with Crippen molar-refractivity contribution in [3.63, 3.8) is 0 Å². The number of ether oxygens (including phenoxy) is 1. The highest BCUT2D eigenvalue weighted by Gasteiger charge is 2.53. The summed E-state index contributed by atoms with van der Waals surface area (Å²) in [5.41, 5.74) is 0.166. The first-order valence-electron chi connectivity index (χ1n) is 5.76. The fourth-order valence-corrected chi connectivity index (χ4v) is 2.06. The van der Waals surface area contributed by atoms with Crippen LogP contribution in [0.5, 0.6) is 5.75 Å². The number of aromatic hydroxyl groups is 1. The number of nitrogens with one attached hydrogen (secondary N) is 1. The number of benzene rings is 1. The number of phenolic OH excluding ortho intramolecular Hbond substituents is 1. The van der Waals surface area contributed by atoms with Crippen LogP contribution >= 0.6 is 0 Å². The third-order valence-corrected chi connectivity index (χ3v) is 3.14. The summed E-state index contributed by atoms with van der Waals surface area (Å²) >= 11 is 0. The van der Waals surface area contributed by atoms with Crippen LogP contribution in [0, 0.1) is 0 Å². The number of hydrogen-bond donors (Lipinski definition) is 3. The molecule has 3 N–H and O–H groups in total. The highest BCUT2D eigenvalue weighted by atomic mass is 16.6. The van der Waals surface area contributed by atoms with Crippen LogP contribution in [0.3, 0.4) is 0 Å². The van der Waals surface area contributed by atoms with Crippen molar-refractivity contribution < 1.29 is 24.5 Å². The molecule has 0 spiro atoms. The Bertz CT molecular complexity index is 594. The molecule has 19 heavy (non-hydrogen) atoms. The minimum atomic E-state index is -1.03. The van der Waals surface area contributed by atoms with Crippen LogP contribution < -0.4 is 5.32 Å². The zero-order chi connectivity index (χ0) is 13.6. The zero-order valence-electron chi connectivity index (χ0n) is 9.74. The zero-order valence-corrected chi connectivity index (χ0v) is 9.74. The first kappa shape index (κ1) is 11.9. The maximum atomic E-state index is 11.9. The number of ketones is 1. The van der Waals surface area contributed by atoms with Gasteiger partial charge in [-0.15, -0.1) is 0 Å². The van der Waals surface area contributed by atoms with Crippen molar-refractivity contribution in [2.45, 2.75) is 18.3 Å². The van der Waals surface area contributed by atoms with E-state index in [1.54, 1.807) is 12.1 Å². The molecule has 1 amide bonds. The number of hydrogen-bond acceptors (Lipinski definition) is 5. The average molecular weight is 261 g/mol. The smallest absolute Gasteiger partial charge is 0.259 e. The van der Waals surface area contributed by atoms with E-state index in [0.29, 0.717) is 0 Å². The van der Waals surface area contributed by atoms with Crippen molar-refractivity contribution in [2.24, 2.45) is 0 Å². The molecule has 3 atom stereocenters. The van der Waals surface area contributed by atoms with Gasteiger partial charge in [-0.2, -0.15) is 0 Å². The summed E-state index contributed by atoms with van der Waals surface area (Å²) in [6.45, 7) is 0. The first-order valence-corrected chi connectivity index (χ1v) is 5.76. The van der Waals surface area contributed by atoms with Gasteiger partial charge in [-0.3, -0.25) is 9.59 Å². The van der Waals surface area contributed by atoms with Gasteiger partial charge in [0.25, 0.3) is 5.91 Å². The van der Waals surface area contributed by atoms with Crippen molar-refractivity contribution in [1.29, 1.82) is 0 Å². The van der Waals surface area contributed by atoms with Gasteiger partial charge in [0.05, 0.1) is 11.3 Å². The molecule has 3 rings (SSSR count). The Hall–Kier alpha value is -2.18. The summed E-state index contributed by atoms with van der Waals surface area (Å²) in [6.07, 6.45) is -1.02. The molecule has 6 heteroatoms. The lowest BCUT2D eigenvalue weighted by Gasteiger charge is -2.17. The minimum Gasteiger partial charge on any atom is -0.507 e. The molecule has 1 saturated heterocycles. The van der Waals surface area contributed by atoms with Crippen LogP contribution in [0.2, 0.25) is 0 Å². The number of carbonyl (C=O) groups excluding carboxylic acids is 2. The second-order valence-electron chi connectivity index (χ2n) is 4.44. The van der Waals surface area contributed by atoms with Crippen molar-refractivity contribution in [3.8, 4) is 5.75 Å². The fraction of sp³-hybridized carbons (Fsp3) is 0.231. The van der Waals surface area contributed by atoms with Gasteiger partial charge in [0.1, 0.15) is 24.1 Å². The maximum absolute atomic E-state index is 11.9. The lowest BCUT2D eigenvalue weighted by atomic mass is 10.0. The van der Waals surface area contributed by atoms with Gasteiger partial charge in [0.15, 0.2) is 5.78 Å². The summed E-state index contributed by atoms with van der Waals surface area (Å²) in [5, 5.41) is 21.8. The summed E-state index contributed by atoms with van der Waals surface area (Å²) in [6, 6.07) is 6.02. The van der Waals surface area contributed by atoms with Crippen molar-refractivity contribution in [1.82, 2.24) is 5.32 Å². The van der Waals surface area contributed by atoms with E-state index in [2.05, 4.69) is 5.32 Å². The van der Waals surface area contributed by atoms with Gasteiger partial charge >= 0.3 is 0 Å². The Morgan fingerprint density at radius 1 is 1.32 bits per heavy atom. The Labute approximate surface area is 108 Å². The molecule has 0 aromatic heterocycles. The monoisotopic (exact) mass is 261 g/mol. The van der Waals surface area contributed by atoms with E-state index in [-0.39, 0.29) is 22.8 Å². The Balaban J connectivity index is 1.80. The number of aliphatic hydroxyl groups is 1. The molecule has 2 aliphatic rings. The van der Waals surface area contributed by atoms with E-state index in [0.717, 1.165) is 6.08 Å². The summed E-state index contributed by atoms with van der Waals surface area (Å²) in [5.74, 6) is -1.03. The second-order valence-corrected chi connectivity index (χ2v) is 4.44. The molecule has 1 aromatic carbocycles. The standard InChI is InChI=1S/C13H11NO5/c15-8-4-2-1-3-6(8)13(18)14-7-5-9(16)11-12(19-11)10(7)17/h1-5,10-12,15,17H,(H,14,18)/t10?,11?,12-/m0/s1. The van der Waals surface area contributed by atoms with Crippen LogP contribution in [0.15, 0.2) is 36.0 Å². The van der Waals surface area contributed by atoms with E-state index < -0.39 is 24.2 Å². The van der Waals surface area contributed by atoms with E-state index >= 15 is 0 Å². The molecule has 0 saturated carbocycles. The highest BCUT2D eigenvalue weighted by Crippen LogP contribution is 2.33. The Morgan fingerprint density at radius 3 is 2.79 bits per heavy atom. The molecule has 2 unspecified atom stereocenters. The van der Waals surface area contributed by atoms with Crippen LogP contribution in [0.1, 0.15) is 10.4 Å². The molecule has 1 aromatic rings. The lowest BCUT2D eigenvalue weighted by Crippen LogP contribution is -2.37. The topological polar surface area (TPSA) is 99.2 Å². The van der Waals surface area contributed by atoms with Crippen LogP contribution in [-0.4, -0.2) is 40.2 Å². The molecule has 1 aliphatic heterocycles. The van der Waals surface area contributed by atoms with E-state index in [1.165, 1.54) is 12.1 Å². The van der Waals surface area contributed by atoms with Crippen molar-refractivity contribution in [2.75, 3.05) is 0 Å². The number of fused-ring (bicyclic) bond motifs is 1. The number of para-hydroxylation sites is 1. The van der Waals surface area contributed by atoms with Crippen molar-refractivity contribution >= 4 is 11.7 Å². The van der Waals surface area contributed by atoms with Gasteiger partial charge in [-0.25, -0.2) is 0 Å². The van der Waals surface area contributed by atoms with Gasteiger partial charge < -0.3 is 20.3 Å². The van der Waals surface area contributed by atoms with Crippen LogP contribution in [0.4, 0.5) is 0 Å². The molecule has 0 radical (unpaired) electrons. The third-order valence-electron chi connectivity index (χ3n) is 3.14. The Morgan fingerprint density at radius 2 is 2.05 bits per heavy atom. The lowest BCUT2D eigenvalue weighted by molar-refractivity contribution is -0.116. The largest absolute Gasteiger partial charge is 0.507 e. The summed E-state index contributed by atoms with van der Waals surface area (Å²) < 4.78 is 4.99. The average Bonchev–Trinajstić information content (AvgIpc) is 3.17.